The summed E-state index contributed by atoms with van der Waals surface area (Å²) >= 11 is 6.50. The van der Waals surface area contributed by atoms with E-state index in [4.69, 9.17) is 0 Å². The second kappa shape index (κ2) is 6.18. The molecule has 1 aliphatic carbocycles. The van der Waals surface area contributed by atoms with Crippen molar-refractivity contribution in [2.24, 2.45) is 0 Å². The zero-order valence-corrected chi connectivity index (χ0v) is 12.0. The molecule has 0 N–H and O–H groups in total. The molecular formula is C10H9Br2Ti. The van der Waals surface area contributed by atoms with Gasteiger partial charge >= 0.3 is 41.3 Å². The van der Waals surface area contributed by atoms with Crippen LogP contribution in [-0.2, 0) is 15.0 Å². The molecule has 0 nitrogen and oxygen atoms in total. The fourth-order valence-corrected chi connectivity index (χ4v) is 1.31. The molecule has 13 heavy (non-hydrogen) atoms. The van der Waals surface area contributed by atoms with E-state index in [0.717, 1.165) is 0 Å². The molecular weight excluding hydrogens is 328 g/mol. The first kappa shape index (κ1) is 11.7. The first-order valence-corrected chi connectivity index (χ1v) is 11.6. The van der Waals surface area contributed by atoms with E-state index in [1.807, 2.05) is 0 Å². The number of hydrogen-bond acceptors (Lipinski definition) is 0. The van der Waals surface area contributed by atoms with Gasteiger partial charge in [0.15, 0.2) is 0 Å². The van der Waals surface area contributed by atoms with Crippen molar-refractivity contribution in [2.75, 3.05) is 0 Å². The Kier molecular flexibility index (Phi) is 5.57. The monoisotopic (exact) mass is 335 g/mol. The molecule has 1 radical (unpaired) electrons. The quantitative estimate of drug-likeness (QED) is 0.618. The van der Waals surface area contributed by atoms with Crippen LogP contribution >= 0.6 is 26.3 Å². The fraction of sp³-hybridized carbons (Fsp3) is 0.100. The number of halogens is 2. The van der Waals surface area contributed by atoms with Crippen LogP contribution in [0.2, 0.25) is 0 Å². The van der Waals surface area contributed by atoms with Crippen LogP contribution < -0.4 is 0 Å². The Hall–Kier alpha value is 0.634. The minimum atomic E-state index is 0.125. The van der Waals surface area contributed by atoms with Crippen molar-refractivity contribution < 1.29 is 15.0 Å². The summed E-state index contributed by atoms with van der Waals surface area (Å²) in [6.45, 7) is 2.14. The average molecular weight is 337 g/mol. The summed E-state index contributed by atoms with van der Waals surface area (Å²) in [5.41, 5.74) is 2.72. The molecule has 2 rings (SSSR count). The number of fused-ring (bicyclic) bond motifs is 1. The maximum absolute atomic E-state index is 3.19. The van der Waals surface area contributed by atoms with Crippen molar-refractivity contribution in [1.82, 2.24) is 0 Å². The topological polar surface area (TPSA) is 0 Å². The van der Waals surface area contributed by atoms with Crippen LogP contribution in [-0.4, -0.2) is 0 Å². The van der Waals surface area contributed by atoms with Gasteiger partial charge in [-0.3, -0.25) is 0 Å². The van der Waals surface area contributed by atoms with E-state index < -0.39 is 0 Å². The molecule has 0 atom stereocenters. The van der Waals surface area contributed by atoms with Gasteiger partial charge in [0.1, 0.15) is 0 Å². The second-order valence-electron chi connectivity index (χ2n) is 2.68. The Morgan fingerprint density at radius 1 is 1.08 bits per heavy atom. The van der Waals surface area contributed by atoms with Crippen molar-refractivity contribution >= 4 is 32.4 Å². The fourth-order valence-electron chi connectivity index (χ4n) is 1.31. The van der Waals surface area contributed by atoms with Gasteiger partial charge in [-0.15, -0.1) is 0 Å². The number of allylic oxidation sites excluding steroid dienone is 1. The van der Waals surface area contributed by atoms with Crippen LogP contribution in [0.1, 0.15) is 18.1 Å². The second-order valence-corrected chi connectivity index (χ2v) is 10.6. The summed E-state index contributed by atoms with van der Waals surface area (Å²) < 4.78 is 0. The van der Waals surface area contributed by atoms with Crippen LogP contribution in [0.25, 0.3) is 6.08 Å². The predicted octanol–water partition coefficient (Wildman–Crippen LogP) is 4.34. The van der Waals surface area contributed by atoms with E-state index in [9.17, 15) is 0 Å². The van der Waals surface area contributed by atoms with Gasteiger partial charge in [-0.25, -0.2) is 0 Å². The molecule has 0 amide bonds. The molecule has 3 heteroatoms. The summed E-state index contributed by atoms with van der Waals surface area (Å²) in [7, 11) is 0. The molecule has 1 aromatic carbocycles. The van der Waals surface area contributed by atoms with Crippen molar-refractivity contribution in [3.05, 3.63) is 47.4 Å². The molecule has 0 fully saturated rings. The van der Waals surface area contributed by atoms with Gasteiger partial charge in [-0.2, -0.15) is 0 Å². The van der Waals surface area contributed by atoms with Crippen LogP contribution in [0.4, 0.5) is 0 Å². The standard InChI is InChI=1S/C10H9.2BrH.Ti/c1-8-6-7-9-4-2-3-5-10(8)9;;;/h2-7H,1H3;2*1H;/q;;;+2/p-2. The maximum atomic E-state index is 3.19. The van der Waals surface area contributed by atoms with Crippen molar-refractivity contribution in [3.63, 3.8) is 0 Å². The van der Waals surface area contributed by atoms with E-state index >= 15 is 0 Å². The van der Waals surface area contributed by atoms with Crippen molar-refractivity contribution in [3.8, 4) is 0 Å². The zero-order chi connectivity index (χ0) is 9.68. The zero-order valence-electron chi connectivity index (χ0n) is 7.22. The van der Waals surface area contributed by atoms with Gasteiger partial charge in [-0.1, -0.05) is 43.3 Å². The van der Waals surface area contributed by atoms with Gasteiger partial charge in [0.2, 0.25) is 0 Å². The van der Waals surface area contributed by atoms with Crippen LogP contribution in [0.5, 0.6) is 0 Å². The summed E-state index contributed by atoms with van der Waals surface area (Å²) in [4.78, 5) is 0. The third kappa shape index (κ3) is 3.36. The Balaban J connectivity index is 0.000000251. The molecule has 0 bridgehead atoms. The van der Waals surface area contributed by atoms with Gasteiger partial charge in [0.25, 0.3) is 0 Å². The molecule has 67 valence electrons. The summed E-state index contributed by atoms with van der Waals surface area (Å²) in [6.07, 6.45) is 4.31. The van der Waals surface area contributed by atoms with Crippen molar-refractivity contribution in [1.29, 1.82) is 0 Å². The summed E-state index contributed by atoms with van der Waals surface area (Å²) in [5, 5.41) is 0. The molecule has 0 spiro atoms. The Bertz CT molecular complexity index is 297. The first-order valence-electron chi connectivity index (χ1n) is 3.87. The Morgan fingerprint density at radius 3 is 2.31 bits per heavy atom. The Labute approximate surface area is 101 Å². The van der Waals surface area contributed by atoms with Gasteiger partial charge < -0.3 is 0 Å². The van der Waals surface area contributed by atoms with Gasteiger partial charge in [-0.05, 0) is 11.1 Å². The summed E-state index contributed by atoms with van der Waals surface area (Å²) in [6, 6.07) is 8.45. The van der Waals surface area contributed by atoms with Crippen molar-refractivity contribution in [2.45, 2.75) is 6.92 Å². The van der Waals surface area contributed by atoms with E-state index in [0.29, 0.717) is 0 Å². The Morgan fingerprint density at radius 2 is 1.69 bits per heavy atom. The van der Waals surface area contributed by atoms with E-state index in [2.05, 4.69) is 69.7 Å². The molecule has 0 heterocycles. The third-order valence-corrected chi connectivity index (χ3v) is 1.90. The van der Waals surface area contributed by atoms with E-state index in [1.54, 1.807) is 0 Å². The number of benzene rings is 1. The van der Waals surface area contributed by atoms with E-state index in [-0.39, 0.29) is 15.0 Å². The minimum absolute atomic E-state index is 0.125. The molecule has 0 unspecified atom stereocenters. The number of rotatable bonds is 0. The predicted molar refractivity (Wildman–Crippen MR) is 61.3 cm³/mol. The van der Waals surface area contributed by atoms with Crippen LogP contribution in [0, 0.1) is 5.92 Å². The third-order valence-electron chi connectivity index (χ3n) is 1.90. The molecule has 0 saturated heterocycles. The SMILES string of the molecule is C[C]1C=Cc2ccccc21.[Br][Ti][Br]. The molecule has 0 aliphatic heterocycles. The van der Waals surface area contributed by atoms with E-state index in [1.165, 1.54) is 17.0 Å². The molecule has 1 aromatic rings. The average Bonchev–Trinajstić information content (AvgIpc) is 2.50. The summed E-state index contributed by atoms with van der Waals surface area (Å²) in [5.74, 6) is 1.37. The first-order chi connectivity index (χ1) is 6.29. The normalized spacial score (nSPS) is 13.2. The van der Waals surface area contributed by atoms with Crippen LogP contribution in [0.3, 0.4) is 0 Å². The van der Waals surface area contributed by atoms with Crippen LogP contribution in [0.15, 0.2) is 30.3 Å². The molecule has 1 aliphatic rings. The van der Waals surface area contributed by atoms with Gasteiger partial charge in [0, 0.05) is 5.92 Å². The number of hydrogen-bond donors (Lipinski definition) is 0. The van der Waals surface area contributed by atoms with Gasteiger partial charge in [0.05, 0.1) is 0 Å². The molecule has 0 aromatic heterocycles. The molecule has 0 saturated carbocycles.